The third kappa shape index (κ3) is 4.36. The van der Waals surface area contributed by atoms with Gasteiger partial charge < -0.3 is 15.7 Å². The van der Waals surface area contributed by atoms with Gasteiger partial charge in [0.2, 0.25) is 11.8 Å². The maximum atomic E-state index is 11.7. The van der Waals surface area contributed by atoms with E-state index in [9.17, 15) is 14.4 Å². The van der Waals surface area contributed by atoms with Crippen molar-refractivity contribution >= 4 is 45.1 Å². The number of rotatable bonds is 4. The van der Waals surface area contributed by atoms with Crippen molar-refractivity contribution in [2.75, 3.05) is 10.6 Å². The van der Waals surface area contributed by atoms with E-state index in [1.807, 2.05) is 0 Å². The first-order chi connectivity index (χ1) is 8.81. The van der Waals surface area contributed by atoms with Crippen molar-refractivity contribution in [2.24, 2.45) is 5.92 Å². The molecular formula is C12H13BrN2O4. The number of amides is 2. The zero-order valence-electron chi connectivity index (χ0n) is 10.4. The molecular weight excluding hydrogens is 316 g/mol. The van der Waals surface area contributed by atoms with Crippen molar-refractivity contribution in [2.45, 2.75) is 13.8 Å². The minimum atomic E-state index is -1.21. The van der Waals surface area contributed by atoms with Gasteiger partial charge in [-0.25, -0.2) is 0 Å². The number of benzene rings is 1. The molecule has 0 spiro atoms. The lowest BCUT2D eigenvalue weighted by Gasteiger charge is -2.13. The zero-order valence-corrected chi connectivity index (χ0v) is 11.9. The molecule has 1 aromatic carbocycles. The number of anilines is 2. The molecule has 0 aliphatic rings. The molecule has 19 heavy (non-hydrogen) atoms. The lowest BCUT2D eigenvalue weighted by Crippen LogP contribution is -2.27. The molecule has 6 nitrogen and oxygen atoms in total. The quantitative estimate of drug-likeness (QED) is 0.737. The summed E-state index contributed by atoms with van der Waals surface area (Å²) in [6.07, 6.45) is 0. The van der Waals surface area contributed by atoms with Gasteiger partial charge in [-0.05, 0) is 25.1 Å². The molecule has 102 valence electrons. The van der Waals surface area contributed by atoms with E-state index >= 15 is 0 Å². The third-order valence-electron chi connectivity index (χ3n) is 2.31. The fourth-order valence-electron chi connectivity index (χ4n) is 1.27. The number of hydrogen-bond donors (Lipinski definition) is 3. The van der Waals surface area contributed by atoms with Crippen molar-refractivity contribution in [1.29, 1.82) is 0 Å². The molecule has 0 saturated heterocycles. The van der Waals surface area contributed by atoms with E-state index in [4.69, 9.17) is 5.11 Å². The summed E-state index contributed by atoms with van der Waals surface area (Å²) < 4.78 is 0.694. The highest BCUT2D eigenvalue weighted by atomic mass is 79.9. The maximum absolute atomic E-state index is 11.7. The van der Waals surface area contributed by atoms with Crippen molar-refractivity contribution in [3.63, 3.8) is 0 Å². The summed E-state index contributed by atoms with van der Waals surface area (Å²) in [5.74, 6) is -3.33. The Balaban J connectivity index is 2.98. The van der Waals surface area contributed by atoms with Gasteiger partial charge in [-0.1, -0.05) is 15.9 Å². The number of carbonyl (C=O) groups excluding carboxylic acids is 2. The predicted octanol–water partition coefficient (Wildman–Crippen LogP) is 2.07. The van der Waals surface area contributed by atoms with Crippen LogP contribution in [-0.4, -0.2) is 22.9 Å². The van der Waals surface area contributed by atoms with Crippen LogP contribution in [0.15, 0.2) is 22.7 Å². The van der Waals surface area contributed by atoms with E-state index in [1.165, 1.54) is 13.8 Å². The molecule has 1 unspecified atom stereocenters. The normalized spacial score (nSPS) is 11.5. The van der Waals surface area contributed by atoms with Crippen LogP contribution in [0.2, 0.25) is 0 Å². The van der Waals surface area contributed by atoms with Crippen molar-refractivity contribution in [1.82, 2.24) is 0 Å². The van der Waals surface area contributed by atoms with E-state index in [0.717, 1.165) is 0 Å². The van der Waals surface area contributed by atoms with Crippen LogP contribution in [0.3, 0.4) is 0 Å². The van der Waals surface area contributed by atoms with Gasteiger partial charge in [0, 0.05) is 11.4 Å². The molecule has 0 fully saturated rings. The minimum Gasteiger partial charge on any atom is -0.481 e. The zero-order chi connectivity index (χ0) is 14.6. The van der Waals surface area contributed by atoms with Crippen LogP contribution < -0.4 is 10.6 Å². The van der Waals surface area contributed by atoms with Crippen LogP contribution in [0.1, 0.15) is 13.8 Å². The Bertz CT molecular complexity index is 530. The van der Waals surface area contributed by atoms with E-state index in [0.29, 0.717) is 15.8 Å². The van der Waals surface area contributed by atoms with Gasteiger partial charge >= 0.3 is 5.97 Å². The predicted molar refractivity (Wildman–Crippen MR) is 73.9 cm³/mol. The second-order valence-electron chi connectivity index (χ2n) is 3.92. The molecule has 0 saturated carbocycles. The first-order valence-electron chi connectivity index (χ1n) is 5.42. The van der Waals surface area contributed by atoms with Gasteiger partial charge in [-0.3, -0.25) is 14.4 Å². The highest BCUT2D eigenvalue weighted by molar-refractivity contribution is 9.10. The molecule has 3 N–H and O–H groups in total. The Kier molecular flexibility index (Phi) is 5.05. The average molecular weight is 329 g/mol. The van der Waals surface area contributed by atoms with Crippen molar-refractivity contribution in [3.05, 3.63) is 22.7 Å². The van der Waals surface area contributed by atoms with E-state index < -0.39 is 17.8 Å². The average Bonchev–Trinajstić information content (AvgIpc) is 2.31. The maximum Gasteiger partial charge on any atom is 0.315 e. The Morgan fingerprint density at radius 2 is 1.84 bits per heavy atom. The molecule has 1 aromatic rings. The minimum absolute atomic E-state index is 0.288. The highest BCUT2D eigenvalue weighted by Gasteiger charge is 2.21. The molecule has 7 heteroatoms. The molecule has 0 aromatic heterocycles. The molecule has 0 aliphatic carbocycles. The van der Waals surface area contributed by atoms with Crippen LogP contribution in [-0.2, 0) is 14.4 Å². The molecule has 0 radical (unpaired) electrons. The largest absolute Gasteiger partial charge is 0.481 e. The topological polar surface area (TPSA) is 95.5 Å². The standard InChI is InChI=1S/C12H13BrN2O4/c1-6(12(18)19)11(17)15-10-5-8(13)3-4-9(10)14-7(2)16/h3-6H,1-2H3,(H,14,16)(H,15,17)(H,18,19). The Labute approximate surface area is 118 Å². The van der Waals surface area contributed by atoms with Crippen LogP contribution in [0.5, 0.6) is 0 Å². The second-order valence-corrected chi connectivity index (χ2v) is 4.84. The molecule has 2 amide bonds. The summed E-state index contributed by atoms with van der Waals surface area (Å²) in [7, 11) is 0. The lowest BCUT2D eigenvalue weighted by molar-refractivity contribution is -0.144. The number of carbonyl (C=O) groups is 3. The first-order valence-corrected chi connectivity index (χ1v) is 6.21. The number of aliphatic carboxylic acids is 1. The fourth-order valence-corrected chi connectivity index (χ4v) is 1.63. The van der Waals surface area contributed by atoms with Crippen molar-refractivity contribution in [3.8, 4) is 0 Å². The first kappa shape index (κ1) is 15.2. The molecule has 0 bridgehead atoms. The van der Waals surface area contributed by atoms with Gasteiger partial charge in [0.25, 0.3) is 0 Å². The molecule has 0 aliphatic heterocycles. The molecule has 1 atom stereocenters. The highest BCUT2D eigenvalue weighted by Crippen LogP contribution is 2.26. The molecule has 1 rings (SSSR count). The van der Waals surface area contributed by atoms with Gasteiger partial charge in [-0.15, -0.1) is 0 Å². The van der Waals surface area contributed by atoms with E-state index in [1.54, 1.807) is 18.2 Å². The Morgan fingerprint density at radius 1 is 1.21 bits per heavy atom. The van der Waals surface area contributed by atoms with Gasteiger partial charge in [0.1, 0.15) is 5.92 Å². The summed E-state index contributed by atoms with van der Waals surface area (Å²) in [4.78, 5) is 33.5. The number of nitrogens with one attached hydrogen (secondary N) is 2. The van der Waals surface area contributed by atoms with E-state index in [-0.39, 0.29) is 5.91 Å². The van der Waals surface area contributed by atoms with E-state index in [2.05, 4.69) is 26.6 Å². The van der Waals surface area contributed by atoms with Gasteiger partial charge in [-0.2, -0.15) is 0 Å². The van der Waals surface area contributed by atoms with Crippen LogP contribution in [0, 0.1) is 5.92 Å². The van der Waals surface area contributed by atoms with Crippen LogP contribution in [0.4, 0.5) is 11.4 Å². The monoisotopic (exact) mass is 328 g/mol. The van der Waals surface area contributed by atoms with Crippen molar-refractivity contribution < 1.29 is 19.5 Å². The van der Waals surface area contributed by atoms with Gasteiger partial charge in [0.05, 0.1) is 11.4 Å². The number of carboxylic acids is 1. The second kappa shape index (κ2) is 6.33. The number of hydrogen-bond acceptors (Lipinski definition) is 3. The summed E-state index contributed by atoms with van der Waals surface area (Å²) in [5.41, 5.74) is 0.740. The third-order valence-corrected chi connectivity index (χ3v) is 2.81. The number of carboxylic acid groups (broad SMARTS) is 1. The summed E-state index contributed by atoms with van der Waals surface area (Å²) in [5, 5.41) is 13.8. The van der Waals surface area contributed by atoms with Gasteiger partial charge in [0.15, 0.2) is 0 Å². The smallest absolute Gasteiger partial charge is 0.315 e. The Hall–Kier alpha value is -1.89. The SMILES string of the molecule is CC(=O)Nc1ccc(Br)cc1NC(=O)C(C)C(=O)O. The molecule has 0 heterocycles. The Morgan fingerprint density at radius 3 is 2.37 bits per heavy atom. The lowest BCUT2D eigenvalue weighted by atomic mass is 10.1. The van der Waals surface area contributed by atoms with Crippen LogP contribution >= 0.6 is 15.9 Å². The van der Waals surface area contributed by atoms with Crippen LogP contribution in [0.25, 0.3) is 0 Å². The summed E-state index contributed by atoms with van der Waals surface area (Å²) in [6, 6.07) is 4.88. The number of halogens is 1. The summed E-state index contributed by atoms with van der Waals surface area (Å²) >= 11 is 3.24. The fraction of sp³-hybridized carbons (Fsp3) is 0.250. The summed E-state index contributed by atoms with van der Waals surface area (Å²) in [6.45, 7) is 2.63.